The molecule has 3 rings (SSSR count). The van der Waals surface area contributed by atoms with Crippen molar-refractivity contribution in [2.45, 2.75) is 19.9 Å². The molecule has 1 aliphatic heterocycles. The minimum atomic E-state index is -0.432. The van der Waals surface area contributed by atoms with Crippen LogP contribution in [0.5, 0.6) is 0 Å². The highest BCUT2D eigenvalue weighted by Gasteiger charge is 2.26. The van der Waals surface area contributed by atoms with Crippen LogP contribution in [0.4, 0.5) is 16.4 Å². The van der Waals surface area contributed by atoms with Gasteiger partial charge in [-0.3, -0.25) is 10.1 Å². The fraction of sp³-hybridized carbons (Fsp3) is 0.267. The van der Waals surface area contributed by atoms with E-state index in [1.165, 1.54) is 17.4 Å². The maximum absolute atomic E-state index is 11.0. The highest BCUT2D eigenvalue weighted by atomic mass is 35.5. The first-order chi connectivity index (χ1) is 10.9. The highest BCUT2D eigenvalue weighted by molar-refractivity contribution is 7.16. The molecule has 1 aromatic heterocycles. The number of aryl methyl sites for hydroxylation is 1. The molecule has 2 aromatic rings. The Morgan fingerprint density at radius 1 is 1.52 bits per heavy atom. The number of nitrogen functional groups attached to an aromatic ring is 1. The molecule has 2 heterocycles. The number of fused-ring (bicyclic) bond motifs is 1. The second kappa shape index (κ2) is 5.72. The quantitative estimate of drug-likeness (QED) is 0.660. The van der Waals surface area contributed by atoms with Crippen LogP contribution in [0.1, 0.15) is 21.6 Å². The molecule has 0 spiro atoms. The van der Waals surface area contributed by atoms with E-state index >= 15 is 0 Å². The van der Waals surface area contributed by atoms with Crippen molar-refractivity contribution >= 4 is 39.3 Å². The van der Waals surface area contributed by atoms with Gasteiger partial charge in [-0.15, -0.1) is 11.3 Å². The van der Waals surface area contributed by atoms with Crippen LogP contribution in [0.3, 0.4) is 0 Å². The van der Waals surface area contributed by atoms with Gasteiger partial charge in [0, 0.05) is 23.1 Å². The zero-order valence-electron chi connectivity index (χ0n) is 12.3. The first-order valence-corrected chi connectivity index (χ1v) is 8.11. The van der Waals surface area contributed by atoms with Gasteiger partial charge in [0.15, 0.2) is 0 Å². The molecule has 23 heavy (non-hydrogen) atoms. The molecular weight excluding hydrogens is 336 g/mol. The Balaban J connectivity index is 1.97. The average Bonchev–Trinajstić information content (AvgIpc) is 2.82. The number of thiophene rings is 1. The molecule has 0 saturated carbocycles. The van der Waals surface area contributed by atoms with E-state index in [0.717, 1.165) is 16.1 Å². The number of nitrogens with two attached hydrogens (primary N) is 1. The molecule has 0 amide bonds. The number of nitro groups is 1. The first kappa shape index (κ1) is 15.6. The molecule has 8 heteroatoms. The third-order valence-electron chi connectivity index (χ3n) is 4.00. The van der Waals surface area contributed by atoms with Gasteiger partial charge in [-0.1, -0.05) is 11.6 Å². The standard InChI is InChI=1S/C15H13ClN4O2S/c1-8-4-13(11(16)5-12(8)20(21)22)19-3-2-9-10(6-17)15(18)23-14(9)7-19/h4-5H,2-3,7,18H2,1H3. The van der Waals surface area contributed by atoms with Crippen LogP contribution < -0.4 is 10.6 Å². The smallest absolute Gasteiger partial charge is 0.273 e. The topological polar surface area (TPSA) is 96.2 Å². The lowest BCUT2D eigenvalue weighted by Crippen LogP contribution is -2.30. The summed E-state index contributed by atoms with van der Waals surface area (Å²) in [5.74, 6) is 0. The number of hydrogen-bond acceptors (Lipinski definition) is 6. The summed E-state index contributed by atoms with van der Waals surface area (Å²) < 4.78 is 0. The molecule has 0 bridgehead atoms. The van der Waals surface area contributed by atoms with Gasteiger partial charge in [-0.25, -0.2) is 0 Å². The third-order valence-corrected chi connectivity index (χ3v) is 5.35. The van der Waals surface area contributed by atoms with E-state index in [-0.39, 0.29) is 5.69 Å². The highest BCUT2D eigenvalue weighted by Crippen LogP contribution is 2.39. The zero-order chi connectivity index (χ0) is 16.7. The molecule has 118 valence electrons. The summed E-state index contributed by atoms with van der Waals surface area (Å²) in [6.07, 6.45) is 0.707. The minimum Gasteiger partial charge on any atom is -0.389 e. The van der Waals surface area contributed by atoms with Crippen LogP contribution in [0, 0.1) is 28.4 Å². The Bertz CT molecular complexity index is 856. The third kappa shape index (κ3) is 2.60. The Morgan fingerprint density at radius 2 is 2.26 bits per heavy atom. The Hall–Kier alpha value is -2.30. The van der Waals surface area contributed by atoms with Crippen LogP contribution in [0.25, 0.3) is 0 Å². The van der Waals surface area contributed by atoms with E-state index < -0.39 is 4.92 Å². The number of nitriles is 1. The van der Waals surface area contributed by atoms with Crippen molar-refractivity contribution in [1.29, 1.82) is 5.26 Å². The van der Waals surface area contributed by atoms with Crippen LogP contribution in [0.15, 0.2) is 12.1 Å². The maximum atomic E-state index is 11.0. The molecular formula is C15H13ClN4O2S. The van der Waals surface area contributed by atoms with Crippen molar-refractivity contribution in [3.05, 3.63) is 48.8 Å². The van der Waals surface area contributed by atoms with Crippen molar-refractivity contribution in [1.82, 2.24) is 0 Å². The number of hydrogen-bond donors (Lipinski definition) is 1. The maximum Gasteiger partial charge on any atom is 0.273 e. The van der Waals surface area contributed by atoms with Gasteiger partial charge in [0.1, 0.15) is 11.1 Å². The zero-order valence-corrected chi connectivity index (χ0v) is 13.9. The van der Waals surface area contributed by atoms with Gasteiger partial charge >= 0.3 is 0 Å². The largest absolute Gasteiger partial charge is 0.389 e. The number of halogens is 1. The lowest BCUT2D eigenvalue weighted by molar-refractivity contribution is -0.385. The predicted molar refractivity (Wildman–Crippen MR) is 91.0 cm³/mol. The van der Waals surface area contributed by atoms with E-state index in [1.807, 2.05) is 0 Å². The van der Waals surface area contributed by atoms with E-state index in [0.29, 0.717) is 40.7 Å². The number of nitro benzene ring substituents is 1. The second-order valence-corrected chi connectivity index (χ2v) is 6.92. The minimum absolute atomic E-state index is 0.0172. The van der Waals surface area contributed by atoms with Crippen molar-refractivity contribution in [2.24, 2.45) is 0 Å². The second-order valence-electron chi connectivity index (χ2n) is 5.37. The molecule has 1 aliphatic rings. The molecule has 0 fully saturated rings. The molecule has 2 N–H and O–H groups in total. The van der Waals surface area contributed by atoms with E-state index in [4.69, 9.17) is 17.3 Å². The lowest BCUT2D eigenvalue weighted by atomic mass is 10.0. The van der Waals surface area contributed by atoms with Gasteiger partial charge in [0.25, 0.3) is 5.69 Å². The monoisotopic (exact) mass is 348 g/mol. The fourth-order valence-electron chi connectivity index (χ4n) is 2.85. The summed E-state index contributed by atoms with van der Waals surface area (Å²) in [6.45, 7) is 2.99. The Morgan fingerprint density at radius 3 is 2.91 bits per heavy atom. The predicted octanol–water partition coefficient (Wildman–Crippen LogP) is 3.63. The number of rotatable bonds is 2. The molecule has 0 radical (unpaired) electrons. The van der Waals surface area contributed by atoms with Gasteiger partial charge < -0.3 is 10.6 Å². The van der Waals surface area contributed by atoms with Gasteiger partial charge in [0.2, 0.25) is 0 Å². The van der Waals surface area contributed by atoms with E-state index in [2.05, 4.69) is 11.0 Å². The molecule has 1 aromatic carbocycles. The average molecular weight is 349 g/mol. The van der Waals surface area contributed by atoms with Crippen LogP contribution in [0.2, 0.25) is 5.02 Å². The van der Waals surface area contributed by atoms with Crippen LogP contribution >= 0.6 is 22.9 Å². The van der Waals surface area contributed by atoms with Crippen molar-refractivity contribution in [3.8, 4) is 6.07 Å². The number of anilines is 2. The first-order valence-electron chi connectivity index (χ1n) is 6.92. The van der Waals surface area contributed by atoms with Gasteiger partial charge in [0.05, 0.1) is 27.7 Å². The number of benzene rings is 1. The van der Waals surface area contributed by atoms with Crippen molar-refractivity contribution < 1.29 is 4.92 Å². The Kier molecular flexibility index (Phi) is 3.88. The van der Waals surface area contributed by atoms with Gasteiger partial charge in [-0.05, 0) is 25.0 Å². The molecule has 0 unspecified atom stereocenters. The lowest BCUT2D eigenvalue weighted by Gasteiger charge is -2.30. The number of nitrogens with zero attached hydrogens (tertiary/aromatic N) is 3. The summed E-state index contributed by atoms with van der Waals surface area (Å²) in [4.78, 5) is 13.7. The van der Waals surface area contributed by atoms with Crippen LogP contribution in [-0.2, 0) is 13.0 Å². The SMILES string of the molecule is Cc1cc(N2CCc3c(sc(N)c3C#N)C2)c(Cl)cc1[N+](=O)[O-]. The fourth-order valence-corrected chi connectivity index (χ4v) is 4.21. The van der Waals surface area contributed by atoms with Crippen molar-refractivity contribution in [3.63, 3.8) is 0 Å². The summed E-state index contributed by atoms with van der Waals surface area (Å²) >= 11 is 7.67. The van der Waals surface area contributed by atoms with E-state index in [1.54, 1.807) is 13.0 Å². The van der Waals surface area contributed by atoms with E-state index in [9.17, 15) is 15.4 Å². The molecule has 0 saturated heterocycles. The Labute approximate surface area is 141 Å². The molecule has 0 atom stereocenters. The molecule has 0 aliphatic carbocycles. The van der Waals surface area contributed by atoms with Crippen LogP contribution in [-0.4, -0.2) is 11.5 Å². The van der Waals surface area contributed by atoms with Crippen molar-refractivity contribution in [2.75, 3.05) is 17.2 Å². The summed E-state index contributed by atoms with van der Waals surface area (Å²) in [5, 5.41) is 21.1. The summed E-state index contributed by atoms with van der Waals surface area (Å²) in [6, 6.07) is 5.30. The summed E-state index contributed by atoms with van der Waals surface area (Å²) in [7, 11) is 0. The summed E-state index contributed by atoms with van der Waals surface area (Å²) in [5.41, 5.74) is 8.85. The molecule has 6 nitrogen and oxygen atoms in total. The van der Waals surface area contributed by atoms with Gasteiger partial charge in [-0.2, -0.15) is 5.26 Å². The normalized spacial score (nSPS) is 13.5.